The fourth-order valence-corrected chi connectivity index (χ4v) is 1.13. The van der Waals surface area contributed by atoms with Crippen LogP contribution >= 0.6 is 0 Å². The fraction of sp³-hybridized carbons (Fsp3) is 0.222. The summed E-state index contributed by atoms with van der Waals surface area (Å²) >= 11 is 0. The highest BCUT2D eigenvalue weighted by atomic mass is 19.1. The van der Waals surface area contributed by atoms with Gasteiger partial charge in [-0.3, -0.25) is 4.68 Å². The molecule has 0 aliphatic rings. The number of aryl methyl sites for hydroxylation is 1. The van der Waals surface area contributed by atoms with E-state index in [0.29, 0.717) is 12.4 Å². The molecule has 0 spiro atoms. The van der Waals surface area contributed by atoms with Gasteiger partial charge >= 0.3 is 0 Å². The van der Waals surface area contributed by atoms with Crippen LogP contribution in [0.25, 0.3) is 0 Å². The molecule has 5 nitrogen and oxygen atoms in total. The van der Waals surface area contributed by atoms with Crippen LogP contribution in [0.1, 0.15) is 5.69 Å². The molecule has 2 aromatic heterocycles. The lowest BCUT2D eigenvalue weighted by molar-refractivity contribution is 0.621. The molecule has 78 valence electrons. The van der Waals surface area contributed by atoms with Gasteiger partial charge in [0, 0.05) is 7.05 Å². The second-order valence-corrected chi connectivity index (χ2v) is 3.06. The van der Waals surface area contributed by atoms with Gasteiger partial charge in [-0.25, -0.2) is 9.37 Å². The molecule has 0 saturated heterocycles. The first-order chi connectivity index (χ1) is 7.25. The average Bonchev–Trinajstić information content (AvgIpc) is 2.63. The van der Waals surface area contributed by atoms with E-state index in [4.69, 9.17) is 0 Å². The maximum atomic E-state index is 12.6. The number of pyridine rings is 1. The van der Waals surface area contributed by atoms with Crippen molar-refractivity contribution in [2.45, 2.75) is 6.54 Å². The molecule has 0 aliphatic heterocycles. The smallest absolute Gasteiger partial charge is 0.141 e. The van der Waals surface area contributed by atoms with Crippen LogP contribution in [-0.2, 0) is 13.6 Å². The number of aromatic nitrogens is 4. The summed E-state index contributed by atoms with van der Waals surface area (Å²) in [5, 5.41) is 10.6. The zero-order valence-corrected chi connectivity index (χ0v) is 8.18. The number of hydrogen-bond donors (Lipinski definition) is 1. The van der Waals surface area contributed by atoms with E-state index in [2.05, 4.69) is 20.6 Å². The van der Waals surface area contributed by atoms with Crippen molar-refractivity contribution in [3.63, 3.8) is 0 Å². The van der Waals surface area contributed by atoms with Crippen molar-refractivity contribution in [2.24, 2.45) is 7.05 Å². The molecule has 0 radical (unpaired) electrons. The van der Waals surface area contributed by atoms with E-state index >= 15 is 0 Å². The van der Waals surface area contributed by atoms with Gasteiger partial charge in [0.05, 0.1) is 24.6 Å². The molecule has 0 atom stereocenters. The Bertz CT molecular complexity index is 436. The second-order valence-electron chi connectivity index (χ2n) is 3.06. The van der Waals surface area contributed by atoms with Crippen LogP contribution in [0.4, 0.5) is 10.2 Å². The Hall–Kier alpha value is -1.98. The summed E-state index contributed by atoms with van der Waals surface area (Å²) in [6, 6.07) is 2.94. The Morgan fingerprint density at radius 1 is 1.40 bits per heavy atom. The summed E-state index contributed by atoms with van der Waals surface area (Å²) in [5.41, 5.74) is 0.932. The molecule has 2 aromatic rings. The summed E-state index contributed by atoms with van der Waals surface area (Å²) in [4.78, 5) is 3.87. The Morgan fingerprint density at radius 2 is 2.27 bits per heavy atom. The molecule has 2 heterocycles. The molecule has 2 rings (SSSR count). The Balaban J connectivity index is 1.99. The molecule has 0 unspecified atom stereocenters. The lowest BCUT2D eigenvalue weighted by Crippen LogP contribution is -2.06. The molecule has 0 amide bonds. The largest absolute Gasteiger partial charge is 0.364 e. The standard InChI is InChI=1S/C9H10FN5/c1-15-8(6-13-14-15)5-12-9-3-2-7(10)4-11-9/h2-4,6H,5H2,1H3,(H,11,12). The molecule has 0 aromatic carbocycles. The highest BCUT2D eigenvalue weighted by Gasteiger charge is 2.00. The molecular formula is C9H10FN5. The normalized spacial score (nSPS) is 10.3. The van der Waals surface area contributed by atoms with Crippen LogP contribution in [0.2, 0.25) is 0 Å². The number of rotatable bonds is 3. The lowest BCUT2D eigenvalue weighted by Gasteiger charge is -2.04. The van der Waals surface area contributed by atoms with Crippen molar-refractivity contribution in [1.29, 1.82) is 0 Å². The third kappa shape index (κ3) is 2.28. The number of hydrogen-bond acceptors (Lipinski definition) is 4. The third-order valence-corrected chi connectivity index (χ3v) is 1.99. The van der Waals surface area contributed by atoms with Crippen LogP contribution in [0.5, 0.6) is 0 Å². The van der Waals surface area contributed by atoms with Gasteiger partial charge in [-0.2, -0.15) is 0 Å². The van der Waals surface area contributed by atoms with Gasteiger partial charge < -0.3 is 5.32 Å². The lowest BCUT2D eigenvalue weighted by atomic mass is 10.4. The van der Waals surface area contributed by atoms with E-state index in [1.54, 1.807) is 16.9 Å². The first kappa shape index (κ1) is 9.57. The molecule has 0 fully saturated rings. The monoisotopic (exact) mass is 207 g/mol. The van der Waals surface area contributed by atoms with Gasteiger partial charge in [-0.05, 0) is 12.1 Å². The predicted octanol–water partition coefficient (Wildman–Crippen LogP) is 0.961. The molecular weight excluding hydrogens is 197 g/mol. The quantitative estimate of drug-likeness (QED) is 0.814. The van der Waals surface area contributed by atoms with E-state index in [1.807, 2.05) is 7.05 Å². The first-order valence-corrected chi connectivity index (χ1v) is 4.44. The molecule has 15 heavy (non-hydrogen) atoms. The van der Waals surface area contributed by atoms with E-state index in [-0.39, 0.29) is 5.82 Å². The van der Waals surface area contributed by atoms with Crippen molar-refractivity contribution in [3.8, 4) is 0 Å². The number of nitrogens with zero attached hydrogens (tertiary/aromatic N) is 4. The van der Waals surface area contributed by atoms with Gasteiger partial charge in [0.1, 0.15) is 11.6 Å². The zero-order chi connectivity index (χ0) is 10.7. The van der Waals surface area contributed by atoms with Crippen LogP contribution in [-0.4, -0.2) is 20.0 Å². The predicted molar refractivity (Wildman–Crippen MR) is 52.5 cm³/mol. The van der Waals surface area contributed by atoms with Gasteiger partial charge in [0.2, 0.25) is 0 Å². The molecule has 1 N–H and O–H groups in total. The second kappa shape index (κ2) is 4.04. The summed E-state index contributed by atoms with van der Waals surface area (Å²) in [6.45, 7) is 0.558. The SMILES string of the molecule is Cn1nncc1CNc1ccc(F)cn1. The van der Waals surface area contributed by atoms with Gasteiger partial charge in [-0.1, -0.05) is 5.21 Å². The van der Waals surface area contributed by atoms with Crippen LogP contribution in [0.15, 0.2) is 24.5 Å². The molecule has 0 bridgehead atoms. The van der Waals surface area contributed by atoms with Gasteiger partial charge in [0.25, 0.3) is 0 Å². The van der Waals surface area contributed by atoms with Gasteiger partial charge in [0.15, 0.2) is 0 Å². The minimum Gasteiger partial charge on any atom is -0.364 e. The molecule has 0 aliphatic carbocycles. The maximum absolute atomic E-state index is 12.6. The van der Waals surface area contributed by atoms with Crippen molar-refractivity contribution in [3.05, 3.63) is 36.0 Å². The third-order valence-electron chi connectivity index (χ3n) is 1.99. The van der Waals surface area contributed by atoms with E-state index in [9.17, 15) is 4.39 Å². The summed E-state index contributed by atoms with van der Waals surface area (Å²) < 4.78 is 14.2. The Labute approximate surface area is 85.9 Å². The number of anilines is 1. The van der Waals surface area contributed by atoms with E-state index < -0.39 is 0 Å². The van der Waals surface area contributed by atoms with Crippen molar-refractivity contribution in [2.75, 3.05) is 5.32 Å². The number of halogens is 1. The minimum absolute atomic E-state index is 0.345. The van der Waals surface area contributed by atoms with E-state index in [0.717, 1.165) is 5.69 Å². The zero-order valence-electron chi connectivity index (χ0n) is 8.18. The highest BCUT2D eigenvalue weighted by Crippen LogP contribution is 2.05. The number of nitrogens with one attached hydrogen (secondary N) is 1. The maximum Gasteiger partial charge on any atom is 0.141 e. The van der Waals surface area contributed by atoms with Gasteiger partial charge in [-0.15, -0.1) is 5.10 Å². The average molecular weight is 207 g/mol. The van der Waals surface area contributed by atoms with Crippen LogP contribution < -0.4 is 5.32 Å². The summed E-state index contributed by atoms with van der Waals surface area (Å²) in [6.07, 6.45) is 2.83. The first-order valence-electron chi connectivity index (χ1n) is 4.44. The Morgan fingerprint density at radius 3 is 2.87 bits per heavy atom. The van der Waals surface area contributed by atoms with Crippen molar-refractivity contribution >= 4 is 5.82 Å². The summed E-state index contributed by atoms with van der Waals surface area (Å²) in [7, 11) is 1.81. The van der Waals surface area contributed by atoms with Crippen molar-refractivity contribution in [1.82, 2.24) is 20.0 Å². The van der Waals surface area contributed by atoms with Crippen LogP contribution in [0.3, 0.4) is 0 Å². The topological polar surface area (TPSA) is 55.6 Å². The highest BCUT2D eigenvalue weighted by molar-refractivity contribution is 5.33. The molecule has 0 saturated carbocycles. The molecule has 6 heteroatoms. The minimum atomic E-state index is -0.345. The van der Waals surface area contributed by atoms with Crippen molar-refractivity contribution < 1.29 is 4.39 Å². The fourth-order valence-electron chi connectivity index (χ4n) is 1.13. The van der Waals surface area contributed by atoms with Crippen LogP contribution in [0, 0.1) is 5.82 Å². The summed E-state index contributed by atoms with van der Waals surface area (Å²) in [5.74, 6) is 0.278. The Kier molecular flexibility index (Phi) is 2.57. The van der Waals surface area contributed by atoms with E-state index in [1.165, 1.54) is 12.3 Å².